The second-order valence-electron chi connectivity index (χ2n) is 9.21. The molecule has 0 bridgehead atoms. The maximum Gasteiger partial charge on any atom is 0.326 e. The Balaban J connectivity index is 1.52. The lowest BCUT2D eigenvalue weighted by molar-refractivity contribution is -0.149. The first kappa shape index (κ1) is 28.3. The monoisotopic (exact) mass is 535 g/mol. The van der Waals surface area contributed by atoms with Crippen molar-refractivity contribution < 1.29 is 34.2 Å². The van der Waals surface area contributed by atoms with Crippen LogP contribution in [0.25, 0.3) is 0 Å². The summed E-state index contributed by atoms with van der Waals surface area (Å²) in [6.45, 7) is 0.270. The fraction of sp³-hybridized carbons (Fsp3) is 0.542. The molecule has 4 amide bonds. The summed E-state index contributed by atoms with van der Waals surface area (Å²) in [4.78, 5) is 65.1. The number of carbonyl (C=O) groups is 5. The van der Waals surface area contributed by atoms with Crippen molar-refractivity contribution in [2.45, 2.75) is 56.3 Å². The number of rotatable bonds is 10. The van der Waals surface area contributed by atoms with Gasteiger partial charge in [0.15, 0.2) is 0 Å². The van der Waals surface area contributed by atoms with Gasteiger partial charge in [0.2, 0.25) is 23.6 Å². The van der Waals surface area contributed by atoms with Crippen LogP contribution in [0.2, 0.25) is 0 Å². The average Bonchev–Trinajstić information content (AvgIpc) is 3.56. The van der Waals surface area contributed by atoms with Crippen molar-refractivity contribution in [3.8, 4) is 5.75 Å². The number of carboxylic acid groups (broad SMARTS) is 1. The van der Waals surface area contributed by atoms with Gasteiger partial charge in [-0.2, -0.15) is 12.6 Å². The number of likely N-dealkylation sites (tertiary alicyclic amines) is 2. The van der Waals surface area contributed by atoms with Gasteiger partial charge in [-0.3, -0.25) is 19.2 Å². The predicted octanol–water partition coefficient (Wildman–Crippen LogP) is -1.14. The maximum absolute atomic E-state index is 13.0. The minimum Gasteiger partial charge on any atom is -0.508 e. The Kier molecular flexibility index (Phi) is 9.75. The van der Waals surface area contributed by atoms with Gasteiger partial charge in [0.1, 0.15) is 23.9 Å². The molecule has 0 aromatic heterocycles. The van der Waals surface area contributed by atoms with Gasteiger partial charge in [-0.05, 0) is 49.8 Å². The third-order valence-corrected chi connectivity index (χ3v) is 7.00. The molecule has 3 rings (SSSR count). The van der Waals surface area contributed by atoms with Crippen LogP contribution in [0.15, 0.2) is 24.3 Å². The highest BCUT2D eigenvalue weighted by Gasteiger charge is 2.39. The molecular weight excluding hydrogens is 502 g/mol. The number of nitrogens with zero attached hydrogens (tertiary/aromatic N) is 2. The third-order valence-electron chi connectivity index (χ3n) is 6.64. The number of phenolic OH excluding ortho intramolecular Hbond substituents is 1. The van der Waals surface area contributed by atoms with Gasteiger partial charge in [0, 0.05) is 18.8 Å². The van der Waals surface area contributed by atoms with Crippen molar-refractivity contribution in [2.24, 2.45) is 5.73 Å². The number of carbonyl (C=O) groups excluding carboxylic acids is 4. The third kappa shape index (κ3) is 7.13. The summed E-state index contributed by atoms with van der Waals surface area (Å²) in [5.41, 5.74) is 6.69. The molecule has 2 aliphatic rings. The molecule has 4 atom stereocenters. The molecule has 0 spiro atoms. The lowest BCUT2D eigenvalue weighted by atomic mass is 10.1. The van der Waals surface area contributed by atoms with E-state index in [-0.39, 0.29) is 24.5 Å². The zero-order chi connectivity index (χ0) is 27.1. The minimum absolute atomic E-state index is 0.0247. The van der Waals surface area contributed by atoms with Crippen LogP contribution in [0.4, 0.5) is 0 Å². The first-order valence-electron chi connectivity index (χ1n) is 12.2. The molecule has 12 nitrogen and oxygen atoms in total. The molecule has 0 unspecified atom stereocenters. The van der Waals surface area contributed by atoms with Gasteiger partial charge in [-0.1, -0.05) is 12.1 Å². The number of hydrogen-bond donors (Lipinski definition) is 6. The van der Waals surface area contributed by atoms with Gasteiger partial charge >= 0.3 is 5.97 Å². The Morgan fingerprint density at radius 1 is 1.03 bits per heavy atom. The Bertz CT molecular complexity index is 1020. The summed E-state index contributed by atoms with van der Waals surface area (Å²) >= 11 is 4.16. The van der Waals surface area contributed by atoms with Crippen molar-refractivity contribution >= 4 is 42.2 Å². The van der Waals surface area contributed by atoms with Crippen LogP contribution in [0.3, 0.4) is 0 Å². The van der Waals surface area contributed by atoms with Crippen LogP contribution in [0.5, 0.6) is 5.75 Å². The van der Waals surface area contributed by atoms with Crippen LogP contribution in [-0.4, -0.2) is 99.2 Å². The summed E-state index contributed by atoms with van der Waals surface area (Å²) < 4.78 is 0. The van der Waals surface area contributed by atoms with Crippen LogP contribution < -0.4 is 16.4 Å². The Morgan fingerprint density at radius 3 is 2.27 bits per heavy atom. The van der Waals surface area contributed by atoms with Crippen molar-refractivity contribution in [1.29, 1.82) is 0 Å². The molecule has 2 heterocycles. The van der Waals surface area contributed by atoms with E-state index in [1.165, 1.54) is 21.9 Å². The lowest BCUT2D eigenvalue weighted by Crippen LogP contribution is -2.56. The largest absolute Gasteiger partial charge is 0.508 e. The molecule has 13 heteroatoms. The number of hydrogen-bond acceptors (Lipinski definition) is 8. The SMILES string of the molecule is N[C@@H](Cc1ccc(O)cc1)C(=O)NCC(=O)N1CCC[C@H]1C(=O)N[C@@H](CS)C(=O)N1CCC[C@H]1C(=O)O. The molecule has 0 aliphatic carbocycles. The highest BCUT2D eigenvalue weighted by atomic mass is 32.1. The number of carboxylic acids is 1. The molecule has 1 aromatic rings. The second-order valence-corrected chi connectivity index (χ2v) is 9.58. The number of aromatic hydroxyl groups is 1. The molecule has 6 N–H and O–H groups in total. The van der Waals surface area contributed by atoms with E-state index in [0.29, 0.717) is 38.8 Å². The number of amides is 4. The number of thiol groups is 1. The van der Waals surface area contributed by atoms with Crippen LogP contribution in [-0.2, 0) is 30.4 Å². The van der Waals surface area contributed by atoms with E-state index in [1.807, 2.05) is 0 Å². The zero-order valence-corrected chi connectivity index (χ0v) is 21.2. The van der Waals surface area contributed by atoms with Crippen molar-refractivity contribution in [3.63, 3.8) is 0 Å². The van der Waals surface area contributed by atoms with Crippen molar-refractivity contribution in [1.82, 2.24) is 20.4 Å². The number of aliphatic carboxylic acids is 1. The van der Waals surface area contributed by atoms with Gasteiger partial charge < -0.3 is 36.4 Å². The van der Waals surface area contributed by atoms with E-state index < -0.39 is 53.8 Å². The van der Waals surface area contributed by atoms with Gasteiger partial charge in [0.05, 0.1) is 12.6 Å². The summed E-state index contributed by atoms with van der Waals surface area (Å²) in [7, 11) is 0. The maximum atomic E-state index is 13.0. The summed E-state index contributed by atoms with van der Waals surface area (Å²) in [6.07, 6.45) is 2.09. The Morgan fingerprint density at radius 2 is 1.65 bits per heavy atom. The van der Waals surface area contributed by atoms with Crippen LogP contribution in [0, 0.1) is 0 Å². The fourth-order valence-electron chi connectivity index (χ4n) is 4.65. The minimum atomic E-state index is -1.09. The highest BCUT2D eigenvalue weighted by Crippen LogP contribution is 2.21. The van der Waals surface area contributed by atoms with Crippen LogP contribution in [0.1, 0.15) is 31.2 Å². The smallest absolute Gasteiger partial charge is 0.326 e. The number of nitrogens with one attached hydrogen (secondary N) is 2. The predicted molar refractivity (Wildman–Crippen MR) is 136 cm³/mol. The molecule has 2 fully saturated rings. The topological polar surface area (TPSA) is 182 Å². The van der Waals surface area contributed by atoms with E-state index in [1.54, 1.807) is 12.1 Å². The normalized spacial score (nSPS) is 20.8. The molecule has 202 valence electrons. The van der Waals surface area contributed by atoms with Crippen LogP contribution >= 0.6 is 12.6 Å². The van der Waals surface area contributed by atoms with E-state index in [9.17, 15) is 34.2 Å². The molecule has 1 aromatic carbocycles. The first-order chi connectivity index (χ1) is 17.6. The molecule has 0 radical (unpaired) electrons. The molecule has 0 saturated carbocycles. The van der Waals surface area contributed by atoms with E-state index in [0.717, 1.165) is 5.56 Å². The number of nitrogens with two attached hydrogens (primary N) is 1. The molecule has 2 saturated heterocycles. The molecular formula is C24H33N5O7S. The van der Waals surface area contributed by atoms with Crippen molar-refractivity contribution in [3.05, 3.63) is 29.8 Å². The Hall–Kier alpha value is -3.32. The lowest BCUT2D eigenvalue weighted by Gasteiger charge is -2.29. The summed E-state index contributed by atoms with van der Waals surface area (Å²) in [5.74, 6) is -3.04. The zero-order valence-electron chi connectivity index (χ0n) is 20.3. The van der Waals surface area contributed by atoms with Gasteiger partial charge in [-0.15, -0.1) is 0 Å². The fourth-order valence-corrected chi connectivity index (χ4v) is 4.90. The van der Waals surface area contributed by atoms with E-state index in [2.05, 4.69) is 23.3 Å². The van der Waals surface area contributed by atoms with E-state index >= 15 is 0 Å². The summed E-state index contributed by atoms with van der Waals surface area (Å²) in [6, 6.07) is 2.60. The Labute approximate surface area is 219 Å². The first-order valence-corrected chi connectivity index (χ1v) is 12.8. The molecule has 2 aliphatic heterocycles. The van der Waals surface area contributed by atoms with Crippen molar-refractivity contribution in [2.75, 3.05) is 25.4 Å². The summed E-state index contributed by atoms with van der Waals surface area (Å²) in [5, 5.41) is 23.8. The standard InChI is InChI=1S/C24H33N5O7S/c25-16(11-14-5-7-15(30)8-6-14)21(32)26-12-20(31)28-9-1-3-18(28)22(33)27-17(13-37)23(34)29-10-2-4-19(29)24(35)36/h5-8,16-19,30,37H,1-4,9-13,25H2,(H,26,32)(H,27,33)(H,35,36)/t16-,17-,18-,19-/m0/s1. The highest BCUT2D eigenvalue weighted by molar-refractivity contribution is 7.80. The quantitative estimate of drug-likeness (QED) is 0.203. The van der Waals surface area contributed by atoms with Gasteiger partial charge in [-0.25, -0.2) is 4.79 Å². The molecule has 37 heavy (non-hydrogen) atoms. The number of benzene rings is 1. The average molecular weight is 536 g/mol. The van der Waals surface area contributed by atoms with Gasteiger partial charge in [0.25, 0.3) is 0 Å². The number of phenols is 1. The second kappa shape index (κ2) is 12.8. The van der Waals surface area contributed by atoms with E-state index in [4.69, 9.17) is 5.73 Å².